The predicted octanol–water partition coefficient (Wildman–Crippen LogP) is 5.63. The Morgan fingerprint density at radius 1 is 1.00 bits per heavy atom. The second-order valence-electron chi connectivity index (χ2n) is 7.33. The average Bonchev–Trinajstić information content (AvgIpc) is 2.72. The van der Waals surface area contributed by atoms with Crippen LogP contribution in [-0.2, 0) is 4.79 Å². The van der Waals surface area contributed by atoms with Crippen LogP contribution in [0.15, 0.2) is 72.8 Å². The number of non-ortho nitro benzene ring substituents is 1. The molecule has 30 heavy (non-hydrogen) atoms. The molecule has 0 aromatic heterocycles. The number of nitrogens with one attached hydrogen (secondary N) is 1. The highest BCUT2D eigenvalue weighted by molar-refractivity contribution is 6.24. The van der Waals surface area contributed by atoms with Crippen LogP contribution in [0.25, 0.3) is 11.6 Å². The van der Waals surface area contributed by atoms with E-state index in [1.54, 1.807) is 18.2 Å². The lowest BCUT2D eigenvalue weighted by Gasteiger charge is -2.18. The van der Waals surface area contributed by atoms with Gasteiger partial charge in [0.15, 0.2) is 0 Å². The summed E-state index contributed by atoms with van der Waals surface area (Å²) in [5.41, 5.74) is 5.12. The number of hydrogen-bond donors (Lipinski definition) is 1. The standard InChI is InChI=1S/C25H24N2O3/c1-17-12-13-23(18(2)14-17)19(3)26-25(28)24(21-9-5-4-6-10-21)16-20-8-7-11-22(15-20)27(29)30/h4-16,19H,1-3H3,(H,26,28)/b24-16+/t19-/m0/s1. The summed E-state index contributed by atoms with van der Waals surface area (Å²) in [6, 6.07) is 21.5. The number of nitrogens with zero attached hydrogens (tertiary/aromatic N) is 1. The number of carbonyl (C=O) groups excluding carboxylic acids is 1. The van der Waals surface area contributed by atoms with Gasteiger partial charge in [-0.3, -0.25) is 14.9 Å². The summed E-state index contributed by atoms with van der Waals surface area (Å²) in [5.74, 6) is -0.236. The van der Waals surface area contributed by atoms with E-state index in [1.807, 2.05) is 63.2 Å². The number of rotatable bonds is 6. The Labute approximate surface area is 176 Å². The first kappa shape index (κ1) is 21.0. The summed E-state index contributed by atoms with van der Waals surface area (Å²) in [6.07, 6.45) is 1.69. The van der Waals surface area contributed by atoms with E-state index in [1.165, 1.54) is 17.7 Å². The first-order valence-electron chi connectivity index (χ1n) is 9.75. The highest BCUT2D eigenvalue weighted by Crippen LogP contribution is 2.24. The number of hydrogen-bond acceptors (Lipinski definition) is 3. The molecule has 3 aromatic carbocycles. The Morgan fingerprint density at radius 2 is 1.73 bits per heavy atom. The fourth-order valence-corrected chi connectivity index (χ4v) is 3.46. The Balaban J connectivity index is 1.95. The van der Waals surface area contributed by atoms with Crippen LogP contribution < -0.4 is 5.32 Å². The highest BCUT2D eigenvalue weighted by Gasteiger charge is 2.17. The van der Waals surface area contributed by atoms with E-state index < -0.39 is 4.92 Å². The molecule has 0 spiro atoms. The molecule has 0 aliphatic heterocycles. The Bertz CT molecular complexity index is 1100. The smallest absolute Gasteiger partial charge is 0.270 e. The first-order chi connectivity index (χ1) is 14.3. The maximum absolute atomic E-state index is 13.2. The van der Waals surface area contributed by atoms with Gasteiger partial charge in [-0.15, -0.1) is 0 Å². The van der Waals surface area contributed by atoms with Gasteiger partial charge in [-0.25, -0.2) is 0 Å². The fraction of sp³-hybridized carbons (Fsp3) is 0.160. The molecule has 0 heterocycles. The average molecular weight is 400 g/mol. The van der Waals surface area contributed by atoms with E-state index in [9.17, 15) is 14.9 Å². The number of carbonyl (C=O) groups is 1. The molecule has 0 unspecified atom stereocenters. The van der Waals surface area contributed by atoms with Gasteiger partial charge in [0.2, 0.25) is 0 Å². The molecule has 0 saturated carbocycles. The van der Waals surface area contributed by atoms with Gasteiger partial charge in [0.25, 0.3) is 11.6 Å². The monoisotopic (exact) mass is 400 g/mol. The van der Waals surface area contributed by atoms with E-state index in [4.69, 9.17) is 0 Å². The predicted molar refractivity (Wildman–Crippen MR) is 120 cm³/mol. The van der Waals surface area contributed by atoms with E-state index >= 15 is 0 Å². The molecule has 152 valence electrons. The third-order valence-electron chi connectivity index (χ3n) is 4.96. The lowest BCUT2D eigenvalue weighted by Crippen LogP contribution is -2.28. The number of nitro benzene ring substituents is 1. The molecule has 0 saturated heterocycles. The minimum atomic E-state index is -0.443. The summed E-state index contributed by atoms with van der Waals surface area (Å²) in [6.45, 7) is 6.02. The van der Waals surface area contributed by atoms with E-state index in [2.05, 4.69) is 11.4 Å². The molecule has 0 radical (unpaired) electrons. The summed E-state index contributed by atoms with van der Waals surface area (Å²) in [5, 5.41) is 14.2. The van der Waals surface area contributed by atoms with Gasteiger partial charge in [-0.05, 0) is 49.1 Å². The molecule has 0 bridgehead atoms. The van der Waals surface area contributed by atoms with Gasteiger partial charge in [0, 0.05) is 17.7 Å². The quantitative estimate of drug-likeness (QED) is 0.252. The lowest BCUT2D eigenvalue weighted by molar-refractivity contribution is -0.384. The molecule has 0 aliphatic rings. The third-order valence-corrected chi connectivity index (χ3v) is 4.96. The maximum Gasteiger partial charge on any atom is 0.270 e. The Hall–Kier alpha value is -3.73. The van der Waals surface area contributed by atoms with Gasteiger partial charge in [-0.2, -0.15) is 0 Å². The highest BCUT2D eigenvalue weighted by atomic mass is 16.6. The normalized spacial score (nSPS) is 12.3. The number of nitro groups is 1. The van der Waals surface area contributed by atoms with Crippen LogP contribution >= 0.6 is 0 Å². The van der Waals surface area contributed by atoms with Crippen molar-refractivity contribution in [2.24, 2.45) is 0 Å². The van der Waals surface area contributed by atoms with Crippen LogP contribution in [0.3, 0.4) is 0 Å². The van der Waals surface area contributed by atoms with Crippen LogP contribution in [0.2, 0.25) is 0 Å². The summed E-state index contributed by atoms with van der Waals surface area (Å²) in [7, 11) is 0. The Kier molecular flexibility index (Phi) is 6.42. The zero-order valence-corrected chi connectivity index (χ0v) is 17.3. The van der Waals surface area contributed by atoms with Crippen molar-refractivity contribution in [3.8, 4) is 0 Å². The van der Waals surface area contributed by atoms with E-state index in [0.717, 1.165) is 16.7 Å². The minimum Gasteiger partial charge on any atom is -0.345 e. The van der Waals surface area contributed by atoms with E-state index in [-0.39, 0.29) is 17.6 Å². The van der Waals surface area contributed by atoms with Crippen LogP contribution in [0, 0.1) is 24.0 Å². The van der Waals surface area contributed by atoms with Crippen LogP contribution in [0.4, 0.5) is 5.69 Å². The minimum absolute atomic E-state index is 0.0137. The second kappa shape index (κ2) is 9.18. The van der Waals surface area contributed by atoms with Crippen molar-refractivity contribution < 1.29 is 9.72 Å². The molecule has 0 aliphatic carbocycles. The van der Waals surface area contributed by atoms with Crippen molar-refractivity contribution in [2.75, 3.05) is 0 Å². The molecule has 0 fully saturated rings. The van der Waals surface area contributed by atoms with E-state index in [0.29, 0.717) is 11.1 Å². The topological polar surface area (TPSA) is 72.2 Å². The summed E-state index contributed by atoms with van der Waals surface area (Å²) in [4.78, 5) is 23.9. The second-order valence-corrected chi connectivity index (χ2v) is 7.33. The van der Waals surface area contributed by atoms with Crippen LogP contribution in [-0.4, -0.2) is 10.8 Å². The maximum atomic E-state index is 13.2. The number of aryl methyl sites for hydroxylation is 2. The Morgan fingerprint density at radius 3 is 2.40 bits per heavy atom. The van der Waals surface area contributed by atoms with Crippen molar-refractivity contribution in [3.63, 3.8) is 0 Å². The van der Waals surface area contributed by atoms with Gasteiger partial charge in [-0.1, -0.05) is 66.2 Å². The SMILES string of the molecule is Cc1ccc([C@H](C)NC(=O)/C(=C/c2cccc([N+](=O)[O-])c2)c2ccccc2)c(C)c1. The van der Waals surface area contributed by atoms with Crippen molar-refractivity contribution in [1.29, 1.82) is 0 Å². The van der Waals surface area contributed by atoms with Crippen molar-refractivity contribution >= 4 is 23.2 Å². The molecule has 1 amide bonds. The molecule has 5 heteroatoms. The van der Waals surface area contributed by atoms with Crippen molar-refractivity contribution in [2.45, 2.75) is 26.8 Å². The van der Waals surface area contributed by atoms with Crippen molar-refractivity contribution in [1.82, 2.24) is 5.32 Å². The molecule has 3 aromatic rings. The number of amides is 1. The first-order valence-corrected chi connectivity index (χ1v) is 9.75. The molecular weight excluding hydrogens is 376 g/mol. The lowest BCUT2D eigenvalue weighted by atomic mass is 9.98. The molecule has 1 atom stereocenters. The third kappa shape index (κ3) is 5.00. The van der Waals surface area contributed by atoms with Crippen LogP contribution in [0.1, 0.15) is 40.8 Å². The largest absolute Gasteiger partial charge is 0.345 e. The molecule has 3 rings (SSSR count). The zero-order chi connectivity index (χ0) is 21.7. The molecular formula is C25H24N2O3. The number of benzene rings is 3. The van der Waals surface area contributed by atoms with Gasteiger partial charge < -0.3 is 5.32 Å². The molecule has 1 N–H and O–H groups in total. The van der Waals surface area contributed by atoms with Gasteiger partial charge >= 0.3 is 0 Å². The molecule has 5 nitrogen and oxygen atoms in total. The van der Waals surface area contributed by atoms with Gasteiger partial charge in [0.1, 0.15) is 0 Å². The summed E-state index contributed by atoms with van der Waals surface area (Å²) >= 11 is 0. The van der Waals surface area contributed by atoms with Crippen molar-refractivity contribution in [3.05, 3.63) is 111 Å². The summed E-state index contributed by atoms with van der Waals surface area (Å²) < 4.78 is 0. The zero-order valence-electron chi connectivity index (χ0n) is 17.3. The van der Waals surface area contributed by atoms with Gasteiger partial charge in [0.05, 0.1) is 11.0 Å². The van der Waals surface area contributed by atoms with Crippen LogP contribution in [0.5, 0.6) is 0 Å². The fourth-order valence-electron chi connectivity index (χ4n) is 3.46.